The molecule has 2 rings (SSSR count). The van der Waals surface area contributed by atoms with Crippen LogP contribution in [0.5, 0.6) is 0 Å². The van der Waals surface area contributed by atoms with Crippen molar-refractivity contribution in [3.05, 3.63) is 34.9 Å². The first kappa shape index (κ1) is 12.5. The van der Waals surface area contributed by atoms with Gasteiger partial charge in [-0.2, -0.15) is 0 Å². The lowest BCUT2D eigenvalue weighted by Crippen LogP contribution is -2.27. The first-order valence-electron chi connectivity index (χ1n) is 5.90. The summed E-state index contributed by atoms with van der Waals surface area (Å²) < 4.78 is 32.5. The minimum atomic E-state index is -0.761. The number of ether oxygens (including phenoxy) is 1. The van der Waals surface area contributed by atoms with Crippen molar-refractivity contribution in [3.8, 4) is 0 Å². The second-order valence-electron chi connectivity index (χ2n) is 4.40. The Balaban J connectivity index is 2.26. The van der Waals surface area contributed by atoms with Gasteiger partial charge in [0.2, 0.25) is 0 Å². The summed E-state index contributed by atoms with van der Waals surface area (Å²) in [6.45, 7) is 1.84. The van der Waals surface area contributed by atoms with Crippen LogP contribution in [-0.2, 0) is 11.3 Å². The predicted molar refractivity (Wildman–Crippen MR) is 61.9 cm³/mol. The molecule has 1 aliphatic heterocycles. The second kappa shape index (κ2) is 5.56. The van der Waals surface area contributed by atoms with Crippen LogP contribution in [0.3, 0.4) is 0 Å². The predicted octanol–water partition coefficient (Wildman–Crippen LogP) is 2.58. The third-order valence-corrected chi connectivity index (χ3v) is 3.27. The van der Waals surface area contributed by atoms with Crippen molar-refractivity contribution in [2.24, 2.45) is 0 Å². The average Bonchev–Trinajstić information content (AvgIpc) is 2.36. The Bertz CT molecular complexity index is 389. The zero-order chi connectivity index (χ0) is 12.3. The van der Waals surface area contributed by atoms with Crippen LogP contribution in [0.25, 0.3) is 0 Å². The van der Waals surface area contributed by atoms with Gasteiger partial charge in [-0.3, -0.25) is 0 Å². The van der Waals surface area contributed by atoms with Gasteiger partial charge in [0.15, 0.2) is 11.6 Å². The standard InChI is InChI=1S/C13H17F2NO/c1-17-8-10-2-3-11(13(15)12(10)14)9-4-6-16-7-5-9/h2-3,9,16H,4-8H2,1H3. The Morgan fingerprint density at radius 3 is 2.59 bits per heavy atom. The fourth-order valence-electron chi connectivity index (χ4n) is 2.32. The van der Waals surface area contributed by atoms with Gasteiger partial charge in [0.05, 0.1) is 6.61 Å². The Hall–Kier alpha value is -1.00. The number of hydrogen-bond donors (Lipinski definition) is 1. The molecule has 4 heteroatoms. The fourth-order valence-corrected chi connectivity index (χ4v) is 2.32. The lowest BCUT2D eigenvalue weighted by molar-refractivity contribution is 0.180. The van der Waals surface area contributed by atoms with E-state index < -0.39 is 11.6 Å². The molecule has 1 aliphatic rings. The Morgan fingerprint density at radius 1 is 1.24 bits per heavy atom. The smallest absolute Gasteiger partial charge is 0.164 e. The van der Waals surface area contributed by atoms with Crippen molar-refractivity contribution in [1.82, 2.24) is 5.32 Å². The highest BCUT2D eigenvalue weighted by Gasteiger charge is 2.22. The lowest BCUT2D eigenvalue weighted by Gasteiger charge is -2.23. The van der Waals surface area contributed by atoms with E-state index in [2.05, 4.69) is 5.32 Å². The maximum absolute atomic E-state index is 13.9. The maximum Gasteiger partial charge on any atom is 0.164 e. The van der Waals surface area contributed by atoms with Crippen LogP contribution in [-0.4, -0.2) is 20.2 Å². The van der Waals surface area contributed by atoms with Crippen molar-refractivity contribution in [1.29, 1.82) is 0 Å². The minimum absolute atomic E-state index is 0.106. The average molecular weight is 241 g/mol. The van der Waals surface area contributed by atoms with Crippen molar-refractivity contribution >= 4 is 0 Å². The highest BCUT2D eigenvalue weighted by Crippen LogP contribution is 2.29. The monoisotopic (exact) mass is 241 g/mol. The van der Waals surface area contributed by atoms with Crippen molar-refractivity contribution in [2.45, 2.75) is 25.4 Å². The molecule has 0 aromatic heterocycles. The molecule has 1 saturated heterocycles. The van der Waals surface area contributed by atoms with Crippen LogP contribution in [0.1, 0.15) is 29.9 Å². The normalized spacial score (nSPS) is 17.4. The number of halogens is 2. The van der Waals surface area contributed by atoms with Crippen molar-refractivity contribution in [3.63, 3.8) is 0 Å². The highest BCUT2D eigenvalue weighted by molar-refractivity contribution is 5.29. The molecule has 1 aromatic carbocycles. The van der Waals surface area contributed by atoms with E-state index in [-0.39, 0.29) is 18.1 Å². The fraction of sp³-hybridized carbons (Fsp3) is 0.538. The third-order valence-electron chi connectivity index (χ3n) is 3.27. The largest absolute Gasteiger partial charge is 0.380 e. The quantitative estimate of drug-likeness (QED) is 0.878. The Labute approximate surface area is 100.0 Å². The number of nitrogens with one attached hydrogen (secondary N) is 1. The van der Waals surface area contributed by atoms with E-state index in [1.165, 1.54) is 7.11 Å². The first-order chi connectivity index (χ1) is 8.24. The van der Waals surface area contributed by atoms with Crippen LogP contribution in [0, 0.1) is 11.6 Å². The molecule has 2 nitrogen and oxygen atoms in total. The summed E-state index contributed by atoms with van der Waals surface area (Å²) in [4.78, 5) is 0. The molecule has 0 radical (unpaired) electrons. The van der Waals surface area contributed by atoms with Gasteiger partial charge in [0.25, 0.3) is 0 Å². The third kappa shape index (κ3) is 2.64. The van der Waals surface area contributed by atoms with Crippen LogP contribution in [0.2, 0.25) is 0 Å². The number of rotatable bonds is 3. The van der Waals surface area contributed by atoms with E-state index in [0.29, 0.717) is 5.56 Å². The molecular weight excluding hydrogens is 224 g/mol. The molecular formula is C13H17F2NO. The van der Waals surface area contributed by atoms with E-state index in [4.69, 9.17) is 4.74 Å². The molecule has 0 saturated carbocycles. The number of benzene rings is 1. The minimum Gasteiger partial charge on any atom is -0.380 e. The van der Waals surface area contributed by atoms with E-state index in [0.717, 1.165) is 25.9 Å². The van der Waals surface area contributed by atoms with E-state index in [1.54, 1.807) is 12.1 Å². The van der Waals surface area contributed by atoms with Gasteiger partial charge in [-0.05, 0) is 37.4 Å². The van der Waals surface area contributed by atoms with Crippen LogP contribution in [0.4, 0.5) is 8.78 Å². The molecule has 0 bridgehead atoms. The van der Waals surface area contributed by atoms with Crippen LogP contribution >= 0.6 is 0 Å². The summed E-state index contributed by atoms with van der Waals surface area (Å²) in [5.74, 6) is -1.34. The topological polar surface area (TPSA) is 21.3 Å². The van der Waals surface area contributed by atoms with Crippen LogP contribution < -0.4 is 5.32 Å². The van der Waals surface area contributed by atoms with E-state index >= 15 is 0 Å². The summed E-state index contributed by atoms with van der Waals surface area (Å²) >= 11 is 0. The molecule has 1 fully saturated rings. The number of hydrogen-bond acceptors (Lipinski definition) is 2. The lowest BCUT2D eigenvalue weighted by atomic mass is 9.89. The SMILES string of the molecule is COCc1ccc(C2CCNCC2)c(F)c1F. The molecule has 1 aromatic rings. The Kier molecular flexibility index (Phi) is 4.07. The second-order valence-corrected chi connectivity index (χ2v) is 4.40. The van der Waals surface area contributed by atoms with Gasteiger partial charge in [-0.25, -0.2) is 8.78 Å². The molecule has 17 heavy (non-hydrogen) atoms. The first-order valence-corrected chi connectivity index (χ1v) is 5.90. The molecule has 0 spiro atoms. The summed E-state index contributed by atoms with van der Waals surface area (Å²) in [6, 6.07) is 3.32. The van der Waals surface area contributed by atoms with Gasteiger partial charge in [-0.15, -0.1) is 0 Å². The van der Waals surface area contributed by atoms with Gasteiger partial charge in [0.1, 0.15) is 0 Å². The Morgan fingerprint density at radius 2 is 1.94 bits per heavy atom. The molecule has 94 valence electrons. The van der Waals surface area contributed by atoms with Gasteiger partial charge in [-0.1, -0.05) is 12.1 Å². The molecule has 1 N–H and O–H groups in total. The summed E-state index contributed by atoms with van der Waals surface area (Å²) in [5.41, 5.74) is 0.784. The maximum atomic E-state index is 13.9. The zero-order valence-electron chi connectivity index (χ0n) is 9.93. The molecule has 0 unspecified atom stereocenters. The summed E-state index contributed by atoms with van der Waals surface area (Å²) in [7, 11) is 1.47. The summed E-state index contributed by atoms with van der Waals surface area (Å²) in [5, 5.41) is 3.21. The molecule has 0 amide bonds. The van der Waals surface area contributed by atoms with E-state index in [9.17, 15) is 8.78 Å². The van der Waals surface area contributed by atoms with Gasteiger partial charge in [0, 0.05) is 12.7 Å². The zero-order valence-corrected chi connectivity index (χ0v) is 9.93. The molecule has 0 aliphatic carbocycles. The number of piperidine rings is 1. The van der Waals surface area contributed by atoms with Crippen molar-refractivity contribution in [2.75, 3.05) is 20.2 Å². The highest BCUT2D eigenvalue weighted by atomic mass is 19.2. The summed E-state index contributed by atoms with van der Waals surface area (Å²) in [6.07, 6.45) is 1.72. The molecule has 0 atom stereocenters. The van der Waals surface area contributed by atoms with Gasteiger partial charge >= 0.3 is 0 Å². The number of methoxy groups -OCH3 is 1. The van der Waals surface area contributed by atoms with E-state index in [1.807, 2.05) is 0 Å². The molecule has 1 heterocycles. The van der Waals surface area contributed by atoms with Crippen LogP contribution in [0.15, 0.2) is 12.1 Å². The van der Waals surface area contributed by atoms with Crippen molar-refractivity contribution < 1.29 is 13.5 Å². The van der Waals surface area contributed by atoms with Gasteiger partial charge < -0.3 is 10.1 Å².